The van der Waals surface area contributed by atoms with Gasteiger partial charge in [0.05, 0.1) is 0 Å². The smallest absolute Gasteiger partial charge is 0.122 e. The van der Waals surface area contributed by atoms with E-state index in [0.717, 1.165) is 17.3 Å². The van der Waals surface area contributed by atoms with Crippen LogP contribution in [0.5, 0.6) is 5.75 Å². The van der Waals surface area contributed by atoms with Crippen molar-refractivity contribution in [1.29, 1.82) is 0 Å². The number of halogens is 1. The molecular weight excluding hydrogens is 278 g/mol. The van der Waals surface area contributed by atoms with Crippen molar-refractivity contribution >= 4 is 22.9 Å². The van der Waals surface area contributed by atoms with Crippen LogP contribution in [0.1, 0.15) is 23.6 Å². The average Bonchev–Trinajstić information content (AvgIpc) is 2.84. The summed E-state index contributed by atoms with van der Waals surface area (Å²) in [6.07, 6.45) is 0. The molecule has 0 amide bonds. The average molecular weight is 296 g/mol. The first-order chi connectivity index (χ1) is 9.13. The van der Waals surface area contributed by atoms with Gasteiger partial charge in [-0.25, -0.2) is 0 Å². The van der Waals surface area contributed by atoms with Crippen molar-refractivity contribution in [2.24, 2.45) is 0 Å². The number of nitrogens with one attached hydrogen (secondary N) is 1. The summed E-state index contributed by atoms with van der Waals surface area (Å²) < 4.78 is 5.72. The molecule has 0 bridgehead atoms. The third-order valence-corrected chi connectivity index (χ3v) is 3.91. The molecule has 19 heavy (non-hydrogen) atoms. The SMILES string of the molecule is CC(C)NCc1ccc(COc2ccc(Cl)cc2)s1. The Bertz CT molecular complexity index is 507. The summed E-state index contributed by atoms with van der Waals surface area (Å²) in [5.41, 5.74) is 0. The molecule has 102 valence electrons. The highest BCUT2D eigenvalue weighted by Crippen LogP contribution is 2.20. The van der Waals surface area contributed by atoms with Crippen LogP contribution in [0, 0.1) is 0 Å². The van der Waals surface area contributed by atoms with Crippen molar-refractivity contribution in [1.82, 2.24) is 5.32 Å². The van der Waals surface area contributed by atoms with Gasteiger partial charge in [0, 0.05) is 27.4 Å². The van der Waals surface area contributed by atoms with Gasteiger partial charge in [-0.2, -0.15) is 0 Å². The van der Waals surface area contributed by atoms with Crippen LogP contribution in [-0.4, -0.2) is 6.04 Å². The second kappa shape index (κ2) is 6.94. The third-order valence-electron chi connectivity index (χ3n) is 2.60. The molecule has 0 spiro atoms. The van der Waals surface area contributed by atoms with Crippen LogP contribution in [0.25, 0.3) is 0 Å². The van der Waals surface area contributed by atoms with Gasteiger partial charge >= 0.3 is 0 Å². The zero-order chi connectivity index (χ0) is 13.7. The topological polar surface area (TPSA) is 21.3 Å². The first-order valence-corrected chi connectivity index (χ1v) is 7.52. The standard InChI is InChI=1S/C15H18ClNOS/c1-11(2)17-9-14-7-8-15(19-14)10-18-13-5-3-12(16)4-6-13/h3-8,11,17H,9-10H2,1-2H3. The molecule has 1 aromatic carbocycles. The van der Waals surface area contributed by atoms with E-state index in [1.54, 1.807) is 11.3 Å². The quantitative estimate of drug-likeness (QED) is 0.848. The van der Waals surface area contributed by atoms with Crippen LogP contribution >= 0.6 is 22.9 Å². The van der Waals surface area contributed by atoms with Gasteiger partial charge in [-0.3, -0.25) is 0 Å². The van der Waals surface area contributed by atoms with E-state index in [2.05, 4.69) is 31.3 Å². The number of hydrogen-bond donors (Lipinski definition) is 1. The fourth-order valence-corrected chi connectivity index (χ4v) is 2.59. The van der Waals surface area contributed by atoms with Crippen LogP contribution in [0.15, 0.2) is 36.4 Å². The van der Waals surface area contributed by atoms with Crippen LogP contribution < -0.4 is 10.1 Å². The number of hydrogen-bond acceptors (Lipinski definition) is 3. The molecule has 1 N–H and O–H groups in total. The number of benzene rings is 1. The van der Waals surface area contributed by atoms with Crippen molar-refractivity contribution < 1.29 is 4.74 Å². The normalized spacial score (nSPS) is 10.9. The molecule has 0 aliphatic rings. The molecule has 0 atom stereocenters. The maximum atomic E-state index is 5.83. The maximum Gasteiger partial charge on any atom is 0.122 e. The summed E-state index contributed by atoms with van der Waals surface area (Å²) in [5.74, 6) is 0.847. The van der Waals surface area contributed by atoms with Crippen molar-refractivity contribution in [3.63, 3.8) is 0 Å². The van der Waals surface area contributed by atoms with E-state index in [1.807, 2.05) is 24.3 Å². The zero-order valence-electron chi connectivity index (χ0n) is 11.2. The lowest BCUT2D eigenvalue weighted by Crippen LogP contribution is -2.21. The molecule has 0 radical (unpaired) electrons. The van der Waals surface area contributed by atoms with E-state index in [4.69, 9.17) is 16.3 Å². The van der Waals surface area contributed by atoms with Gasteiger partial charge in [0.15, 0.2) is 0 Å². The van der Waals surface area contributed by atoms with Gasteiger partial charge in [0.1, 0.15) is 12.4 Å². The lowest BCUT2D eigenvalue weighted by Gasteiger charge is -2.06. The number of ether oxygens (including phenoxy) is 1. The molecule has 2 rings (SSSR count). The Kier molecular flexibility index (Phi) is 5.25. The Balaban J connectivity index is 1.84. The molecule has 0 aliphatic heterocycles. The van der Waals surface area contributed by atoms with Crippen molar-refractivity contribution in [3.05, 3.63) is 51.2 Å². The zero-order valence-corrected chi connectivity index (χ0v) is 12.7. The summed E-state index contributed by atoms with van der Waals surface area (Å²) >= 11 is 7.62. The van der Waals surface area contributed by atoms with Gasteiger partial charge in [0.2, 0.25) is 0 Å². The second-order valence-electron chi connectivity index (χ2n) is 4.65. The predicted molar refractivity (Wildman–Crippen MR) is 82.1 cm³/mol. The van der Waals surface area contributed by atoms with E-state index < -0.39 is 0 Å². The highest BCUT2D eigenvalue weighted by Gasteiger charge is 2.02. The summed E-state index contributed by atoms with van der Waals surface area (Å²) in [6, 6.07) is 12.2. The minimum absolute atomic E-state index is 0.510. The molecule has 0 saturated carbocycles. The van der Waals surface area contributed by atoms with Gasteiger partial charge in [0.25, 0.3) is 0 Å². The molecule has 0 saturated heterocycles. The van der Waals surface area contributed by atoms with Crippen molar-refractivity contribution in [3.8, 4) is 5.75 Å². The minimum atomic E-state index is 0.510. The Morgan fingerprint density at radius 1 is 1.11 bits per heavy atom. The van der Waals surface area contributed by atoms with Crippen LogP contribution in [0.2, 0.25) is 5.02 Å². The molecule has 0 fully saturated rings. The molecule has 2 nitrogen and oxygen atoms in total. The molecule has 2 aromatic rings. The van der Waals surface area contributed by atoms with E-state index in [9.17, 15) is 0 Å². The Morgan fingerprint density at radius 3 is 2.47 bits per heavy atom. The van der Waals surface area contributed by atoms with Crippen LogP contribution in [0.3, 0.4) is 0 Å². The van der Waals surface area contributed by atoms with Gasteiger partial charge in [-0.05, 0) is 36.4 Å². The van der Waals surface area contributed by atoms with Crippen molar-refractivity contribution in [2.75, 3.05) is 0 Å². The maximum absolute atomic E-state index is 5.83. The number of rotatable bonds is 6. The lowest BCUT2D eigenvalue weighted by molar-refractivity contribution is 0.310. The Labute approximate surface area is 123 Å². The molecule has 1 aromatic heterocycles. The van der Waals surface area contributed by atoms with Gasteiger partial charge in [-0.1, -0.05) is 25.4 Å². The highest BCUT2D eigenvalue weighted by atomic mass is 35.5. The van der Waals surface area contributed by atoms with E-state index in [-0.39, 0.29) is 0 Å². The number of thiophene rings is 1. The lowest BCUT2D eigenvalue weighted by atomic mass is 10.3. The Morgan fingerprint density at radius 2 is 1.79 bits per heavy atom. The summed E-state index contributed by atoms with van der Waals surface area (Å²) in [4.78, 5) is 2.57. The largest absolute Gasteiger partial charge is 0.488 e. The molecule has 4 heteroatoms. The minimum Gasteiger partial charge on any atom is -0.488 e. The van der Waals surface area contributed by atoms with Gasteiger partial charge < -0.3 is 10.1 Å². The Hall–Kier alpha value is -1.03. The fourth-order valence-electron chi connectivity index (χ4n) is 1.58. The van der Waals surface area contributed by atoms with E-state index in [0.29, 0.717) is 12.6 Å². The second-order valence-corrected chi connectivity index (χ2v) is 6.34. The first kappa shape index (κ1) is 14.4. The molecule has 1 heterocycles. The third kappa shape index (κ3) is 4.86. The van der Waals surface area contributed by atoms with Crippen LogP contribution in [0.4, 0.5) is 0 Å². The van der Waals surface area contributed by atoms with E-state index in [1.165, 1.54) is 9.75 Å². The molecule has 0 aliphatic carbocycles. The van der Waals surface area contributed by atoms with E-state index >= 15 is 0 Å². The summed E-state index contributed by atoms with van der Waals surface area (Å²) in [6.45, 7) is 5.83. The summed E-state index contributed by atoms with van der Waals surface area (Å²) in [5, 5.41) is 4.14. The highest BCUT2D eigenvalue weighted by molar-refractivity contribution is 7.11. The monoisotopic (exact) mass is 295 g/mol. The molecular formula is C15H18ClNOS. The first-order valence-electron chi connectivity index (χ1n) is 6.33. The predicted octanol–water partition coefficient (Wildman–Crippen LogP) is 4.48. The summed E-state index contributed by atoms with van der Waals surface area (Å²) in [7, 11) is 0. The fraction of sp³-hybridized carbons (Fsp3) is 0.333. The van der Waals surface area contributed by atoms with Crippen LogP contribution in [-0.2, 0) is 13.2 Å². The van der Waals surface area contributed by atoms with Crippen molar-refractivity contribution in [2.45, 2.75) is 33.0 Å². The van der Waals surface area contributed by atoms with Gasteiger partial charge in [-0.15, -0.1) is 11.3 Å². The molecule has 0 unspecified atom stereocenters.